The monoisotopic (exact) mass is 657 g/mol. The summed E-state index contributed by atoms with van der Waals surface area (Å²) in [7, 11) is -4.13. The highest BCUT2D eigenvalue weighted by Crippen LogP contribution is 2.28. The van der Waals surface area contributed by atoms with Gasteiger partial charge in [-0.1, -0.05) is 99.6 Å². The van der Waals surface area contributed by atoms with E-state index in [4.69, 9.17) is 23.2 Å². The number of benzene rings is 3. The molecule has 1 saturated carbocycles. The van der Waals surface area contributed by atoms with Gasteiger partial charge in [0.2, 0.25) is 11.8 Å². The SMILES string of the molecule is CC[C@H](C(=O)NC1CCCCC1)N(Cc1ccc(Cl)c(Cl)c1)C(=O)CN(c1ccc(C(C)C)cc1)S(=O)(=O)c1ccccc1. The number of halogens is 2. The lowest BCUT2D eigenvalue weighted by Gasteiger charge is -2.34. The highest BCUT2D eigenvalue weighted by molar-refractivity contribution is 7.92. The molecule has 3 aromatic carbocycles. The number of nitrogens with one attached hydrogen (secondary N) is 1. The highest BCUT2D eigenvalue weighted by Gasteiger charge is 2.34. The van der Waals surface area contributed by atoms with E-state index in [2.05, 4.69) is 19.2 Å². The summed E-state index contributed by atoms with van der Waals surface area (Å²) in [5.41, 5.74) is 2.08. The fraction of sp³-hybridized carbons (Fsp3) is 0.412. The molecule has 2 amide bonds. The van der Waals surface area contributed by atoms with Gasteiger partial charge in [-0.3, -0.25) is 13.9 Å². The zero-order chi connectivity index (χ0) is 31.9. The number of rotatable bonds is 12. The standard InChI is InChI=1S/C34H41Cl2N3O4S/c1-4-32(34(41)37-27-11-7-5-8-12-27)38(22-25-15-20-30(35)31(36)21-25)33(40)23-39(28-18-16-26(17-19-28)24(2)3)44(42,43)29-13-9-6-10-14-29/h6,9-10,13-21,24,27,32H,4-5,7-8,11-12,22-23H2,1-3H3,(H,37,41)/t32-/m1/s1. The normalized spacial score (nSPS) is 14.7. The van der Waals surface area contributed by atoms with Gasteiger partial charge in [0, 0.05) is 12.6 Å². The number of carbonyl (C=O) groups is 2. The van der Waals surface area contributed by atoms with E-state index in [1.54, 1.807) is 48.5 Å². The van der Waals surface area contributed by atoms with Crippen LogP contribution in [0.3, 0.4) is 0 Å². The first kappa shape index (κ1) is 33.8. The summed E-state index contributed by atoms with van der Waals surface area (Å²) in [4.78, 5) is 29.5. The van der Waals surface area contributed by atoms with Crippen LogP contribution in [0.1, 0.15) is 76.3 Å². The van der Waals surface area contributed by atoms with Gasteiger partial charge in [0.05, 0.1) is 20.6 Å². The average molecular weight is 659 g/mol. The first-order valence-electron chi connectivity index (χ1n) is 15.2. The molecule has 3 aromatic rings. The second-order valence-corrected chi connectivity index (χ2v) is 14.3. The number of nitrogens with zero attached hydrogens (tertiary/aromatic N) is 2. The number of hydrogen-bond acceptors (Lipinski definition) is 4. The molecule has 0 aromatic heterocycles. The number of hydrogen-bond donors (Lipinski definition) is 1. The first-order chi connectivity index (χ1) is 21.0. The van der Waals surface area contributed by atoms with E-state index in [1.807, 2.05) is 19.1 Å². The van der Waals surface area contributed by atoms with Crippen molar-refractivity contribution in [1.29, 1.82) is 0 Å². The lowest BCUT2D eigenvalue weighted by Crippen LogP contribution is -2.54. The summed E-state index contributed by atoms with van der Waals surface area (Å²) in [5, 5.41) is 3.86. The van der Waals surface area contributed by atoms with Crippen LogP contribution in [-0.4, -0.2) is 43.8 Å². The lowest BCUT2D eigenvalue weighted by atomic mass is 9.95. The number of sulfonamides is 1. The molecule has 0 unspecified atom stereocenters. The molecular formula is C34H41Cl2N3O4S. The molecule has 4 rings (SSSR count). The van der Waals surface area contributed by atoms with Crippen LogP contribution in [-0.2, 0) is 26.2 Å². The Hall–Kier alpha value is -3.07. The summed E-state index contributed by atoms with van der Waals surface area (Å²) in [6.45, 7) is 5.52. The Labute approximate surface area is 271 Å². The molecule has 0 heterocycles. The summed E-state index contributed by atoms with van der Waals surface area (Å²) < 4.78 is 29.2. The van der Waals surface area contributed by atoms with E-state index in [1.165, 1.54) is 17.0 Å². The molecular weight excluding hydrogens is 617 g/mol. The maximum atomic E-state index is 14.3. The smallest absolute Gasteiger partial charge is 0.264 e. The predicted octanol–water partition coefficient (Wildman–Crippen LogP) is 7.57. The van der Waals surface area contributed by atoms with Gasteiger partial charge < -0.3 is 10.2 Å². The zero-order valence-corrected chi connectivity index (χ0v) is 27.8. The Morgan fingerprint density at radius 2 is 1.57 bits per heavy atom. The Morgan fingerprint density at radius 3 is 2.16 bits per heavy atom. The van der Waals surface area contributed by atoms with E-state index < -0.39 is 28.5 Å². The number of carbonyl (C=O) groups excluding carboxylic acids is 2. The fourth-order valence-electron chi connectivity index (χ4n) is 5.57. The Bertz CT molecular complexity index is 1530. The summed E-state index contributed by atoms with van der Waals surface area (Å²) in [5.74, 6) is -0.500. The quantitative estimate of drug-likeness (QED) is 0.218. The van der Waals surface area contributed by atoms with Crippen LogP contribution in [0.4, 0.5) is 5.69 Å². The third-order valence-electron chi connectivity index (χ3n) is 8.13. The first-order valence-corrected chi connectivity index (χ1v) is 17.4. The van der Waals surface area contributed by atoms with Gasteiger partial charge in [-0.15, -0.1) is 0 Å². The molecule has 1 aliphatic carbocycles. The minimum atomic E-state index is -4.13. The molecule has 44 heavy (non-hydrogen) atoms. The van der Waals surface area contributed by atoms with Crippen molar-refractivity contribution < 1.29 is 18.0 Å². The summed E-state index contributed by atoms with van der Waals surface area (Å²) >= 11 is 12.5. The van der Waals surface area contributed by atoms with Crippen LogP contribution >= 0.6 is 23.2 Å². The topological polar surface area (TPSA) is 86.8 Å². The molecule has 7 nitrogen and oxygen atoms in total. The van der Waals surface area contributed by atoms with Crippen LogP contribution in [0, 0.1) is 0 Å². The number of amides is 2. The molecule has 1 atom stereocenters. The molecule has 0 spiro atoms. The van der Waals surface area contributed by atoms with Gasteiger partial charge in [-0.05, 0) is 72.7 Å². The van der Waals surface area contributed by atoms with E-state index in [9.17, 15) is 18.0 Å². The van der Waals surface area contributed by atoms with E-state index in [0.717, 1.165) is 42.0 Å². The minimum absolute atomic E-state index is 0.0534. The van der Waals surface area contributed by atoms with Crippen molar-refractivity contribution in [2.45, 2.75) is 88.7 Å². The molecule has 0 bridgehead atoms. The van der Waals surface area contributed by atoms with Crippen LogP contribution in [0.25, 0.3) is 0 Å². The maximum absolute atomic E-state index is 14.3. The average Bonchev–Trinajstić information content (AvgIpc) is 3.02. The van der Waals surface area contributed by atoms with Gasteiger partial charge >= 0.3 is 0 Å². The molecule has 1 N–H and O–H groups in total. The van der Waals surface area contributed by atoms with E-state index >= 15 is 0 Å². The second kappa shape index (κ2) is 15.3. The van der Waals surface area contributed by atoms with Gasteiger partial charge in [-0.2, -0.15) is 0 Å². The largest absolute Gasteiger partial charge is 0.352 e. The number of anilines is 1. The van der Waals surface area contributed by atoms with E-state index in [-0.39, 0.29) is 29.3 Å². The third-order valence-corrected chi connectivity index (χ3v) is 10.7. The van der Waals surface area contributed by atoms with Crippen LogP contribution in [0.15, 0.2) is 77.7 Å². The minimum Gasteiger partial charge on any atom is -0.352 e. The highest BCUT2D eigenvalue weighted by atomic mass is 35.5. The van der Waals surface area contributed by atoms with Crippen molar-refractivity contribution in [3.63, 3.8) is 0 Å². The summed E-state index contributed by atoms with van der Waals surface area (Å²) in [6, 6.07) is 19.5. The zero-order valence-electron chi connectivity index (χ0n) is 25.5. The van der Waals surface area contributed by atoms with Gasteiger partial charge in [0.25, 0.3) is 10.0 Å². The van der Waals surface area contributed by atoms with Crippen molar-refractivity contribution in [3.05, 3.63) is 94.0 Å². The predicted molar refractivity (Wildman–Crippen MR) is 178 cm³/mol. The molecule has 1 aliphatic rings. The van der Waals surface area contributed by atoms with Gasteiger partial charge in [0.15, 0.2) is 0 Å². The Balaban J connectivity index is 1.72. The summed E-state index contributed by atoms with van der Waals surface area (Å²) in [6.07, 6.45) is 5.40. The van der Waals surface area contributed by atoms with E-state index in [0.29, 0.717) is 27.7 Å². The Kier molecular flexibility index (Phi) is 11.7. The van der Waals surface area contributed by atoms with Crippen LogP contribution in [0.5, 0.6) is 0 Å². The fourth-order valence-corrected chi connectivity index (χ4v) is 7.33. The van der Waals surface area contributed by atoms with Gasteiger partial charge in [0.1, 0.15) is 12.6 Å². The van der Waals surface area contributed by atoms with Crippen molar-refractivity contribution in [2.75, 3.05) is 10.8 Å². The molecule has 236 valence electrons. The van der Waals surface area contributed by atoms with Crippen molar-refractivity contribution >= 4 is 50.7 Å². The molecule has 1 fully saturated rings. The second-order valence-electron chi connectivity index (χ2n) is 11.6. The van der Waals surface area contributed by atoms with Crippen molar-refractivity contribution in [1.82, 2.24) is 10.2 Å². The lowest BCUT2D eigenvalue weighted by molar-refractivity contribution is -0.140. The molecule has 0 saturated heterocycles. The molecule has 0 aliphatic heterocycles. The van der Waals surface area contributed by atoms with Crippen LogP contribution < -0.4 is 9.62 Å². The van der Waals surface area contributed by atoms with Gasteiger partial charge in [-0.25, -0.2) is 8.42 Å². The molecule has 10 heteroatoms. The van der Waals surface area contributed by atoms with Crippen molar-refractivity contribution in [2.24, 2.45) is 0 Å². The molecule has 0 radical (unpaired) electrons. The Morgan fingerprint density at radius 1 is 0.909 bits per heavy atom. The maximum Gasteiger partial charge on any atom is 0.264 e. The third kappa shape index (κ3) is 8.34. The van der Waals surface area contributed by atoms with Crippen LogP contribution in [0.2, 0.25) is 10.0 Å². The van der Waals surface area contributed by atoms with Crippen molar-refractivity contribution in [3.8, 4) is 0 Å².